The molecule has 0 saturated carbocycles. The largest absolute Gasteiger partial charge is 0.435 e. The van der Waals surface area contributed by atoms with Crippen LogP contribution >= 0.6 is 0 Å². The number of halogens is 2. The molecule has 0 aliphatic rings. The quantitative estimate of drug-likeness (QED) is 0.852. The van der Waals surface area contributed by atoms with Crippen molar-refractivity contribution in [1.29, 1.82) is 0 Å². The van der Waals surface area contributed by atoms with Crippen molar-refractivity contribution in [3.63, 3.8) is 0 Å². The predicted molar refractivity (Wildman–Crippen MR) is 74.4 cm³/mol. The van der Waals surface area contributed by atoms with Gasteiger partial charge in [0, 0.05) is 11.1 Å². The van der Waals surface area contributed by atoms with Gasteiger partial charge in [-0.15, -0.1) is 0 Å². The van der Waals surface area contributed by atoms with Crippen LogP contribution in [0.25, 0.3) is 0 Å². The van der Waals surface area contributed by atoms with Crippen molar-refractivity contribution in [2.45, 2.75) is 6.61 Å². The molecule has 0 aliphatic heterocycles. The number of rotatable bonds is 4. The number of nitrogens with one attached hydrogen (secondary N) is 2. The Morgan fingerprint density at radius 1 is 0.818 bits per heavy atom. The molecule has 0 saturated heterocycles. The molecule has 0 fully saturated rings. The molecule has 2 rings (SSSR count). The van der Waals surface area contributed by atoms with Gasteiger partial charge in [0.05, 0.1) is 0 Å². The normalized spacial score (nSPS) is 10.1. The topological polar surface area (TPSA) is 67.4 Å². The van der Waals surface area contributed by atoms with Crippen molar-refractivity contribution >= 4 is 11.8 Å². The number of ether oxygens (including phenoxy) is 1. The average Bonchev–Trinajstić information content (AvgIpc) is 2.53. The van der Waals surface area contributed by atoms with Crippen LogP contribution in [0.1, 0.15) is 20.7 Å². The number of hydrazine groups is 1. The molecule has 0 radical (unpaired) electrons. The van der Waals surface area contributed by atoms with Gasteiger partial charge in [-0.2, -0.15) is 8.78 Å². The number of hydrogen-bond donors (Lipinski definition) is 2. The van der Waals surface area contributed by atoms with Crippen LogP contribution in [0.3, 0.4) is 0 Å². The molecule has 0 aliphatic carbocycles. The molecule has 0 atom stereocenters. The van der Waals surface area contributed by atoms with E-state index in [1.807, 2.05) is 0 Å². The van der Waals surface area contributed by atoms with Gasteiger partial charge in [0.2, 0.25) is 0 Å². The minimum Gasteiger partial charge on any atom is -0.435 e. The van der Waals surface area contributed by atoms with Gasteiger partial charge in [0.25, 0.3) is 11.8 Å². The number of carbonyl (C=O) groups excluding carboxylic acids is 2. The van der Waals surface area contributed by atoms with Gasteiger partial charge >= 0.3 is 6.61 Å². The molecular weight excluding hydrogens is 294 g/mol. The first-order valence-corrected chi connectivity index (χ1v) is 6.27. The lowest BCUT2D eigenvalue weighted by atomic mass is 10.2. The van der Waals surface area contributed by atoms with Crippen molar-refractivity contribution in [3.05, 3.63) is 65.7 Å². The highest BCUT2D eigenvalue weighted by molar-refractivity contribution is 5.99. The first kappa shape index (κ1) is 15.4. The summed E-state index contributed by atoms with van der Waals surface area (Å²) >= 11 is 0. The lowest BCUT2D eigenvalue weighted by molar-refractivity contribution is -0.0498. The summed E-state index contributed by atoms with van der Waals surface area (Å²) in [6, 6.07) is 13.4. The van der Waals surface area contributed by atoms with E-state index in [1.165, 1.54) is 24.3 Å². The van der Waals surface area contributed by atoms with Gasteiger partial charge in [-0.25, -0.2) is 0 Å². The second-order valence-corrected chi connectivity index (χ2v) is 4.18. The third-order valence-electron chi connectivity index (χ3n) is 2.67. The van der Waals surface area contributed by atoms with Gasteiger partial charge in [-0.3, -0.25) is 20.4 Å². The Morgan fingerprint density at radius 3 is 1.82 bits per heavy atom. The summed E-state index contributed by atoms with van der Waals surface area (Å²) in [6.45, 7) is -2.93. The second-order valence-electron chi connectivity index (χ2n) is 4.18. The van der Waals surface area contributed by atoms with Gasteiger partial charge in [-0.1, -0.05) is 18.2 Å². The minimum absolute atomic E-state index is 0.0557. The molecule has 0 heterocycles. The SMILES string of the molecule is O=C(NNC(=O)c1ccc(OC(F)F)cc1)c1ccccc1. The van der Waals surface area contributed by atoms with E-state index >= 15 is 0 Å². The summed E-state index contributed by atoms with van der Waals surface area (Å²) in [7, 11) is 0. The fourth-order valence-corrected chi connectivity index (χ4v) is 1.64. The van der Waals surface area contributed by atoms with Crippen LogP contribution in [0, 0.1) is 0 Å². The van der Waals surface area contributed by atoms with Crippen LogP contribution < -0.4 is 15.6 Å². The van der Waals surface area contributed by atoms with Gasteiger partial charge < -0.3 is 4.74 Å². The van der Waals surface area contributed by atoms with Crippen LogP contribution in [-0.2, 0) is 0 Å². The van der Waals surface area contributed by atoms with E-state index in [4.69, 9.17) is 0 Å². The molecule has 0 bridgehead atoms. The molecule has 2 N–H and O–H groups in total. The smallest absolute Gasteiger partial charge is 0.387 e. The Morgan fingerprint density at radius 2 is 1.32 bits per heavy atom. The maximum Gasteiger partial charge on any atom is 0.387 e. The van der Waals surface area contributed by atoms with Crippen molar-refractivity contribution < 1.29 is 23.1 Å². The highest BCUT2D eigenvalue weighted by atomic mass is 19.3. The van der Waals surface area contributed by atoms with E-state index in [1.54, 1.807) is 30.3 Å². The zero-order valence-electron chi connectivity index (χ0n) is 11.3. The lowest BCUT2D eigenvalue weighted by Crippen LogP contribution is -2.41. The fourth-order valence-electron chi connectivity index (χ4n) is 1.64. The Balaban J connectivity index is 1.91. The molecule has 2 amide bonds. The maximum absolute atomic E-state index is 12.0. The predicted octanol–water partition coefficient (Wildman–Crippen LogP) is 2.36. The summed E-state index contributed by atoms with van der Waals surface area (Å²) < 4.78 is 28.2. The molecule has 2 aromatic carbocycles. The number of benzene rings is 2. The van der Waals surface area contributed by atoms with Crippen LogP contribution in [-0.4, -0.2) is 18.4 Å². The van der Waals surface area contributed by atoms with E-state index in [0.29, 0.717) is 5.56 Å². The Bertz CT molecular complexity index is 646. The monoisotopic (exact) mass is 306 g/mol. The van der Waals surface area contributed by atoms with E-state index in [2.05, 4.69) is 15.6 Å². The molecule has 0 aromatic heterocycles. The average molecular weight is 306 g/mol. The number of alkyl halides is 2. The third kappa shape index (κ3) is 4.27. The highest BCUT2D eigenvalue weighted by Gasteiger charge is 2.10. The van der Waals surface area contributed by atoms with E-state index in [0.717, 1.165) is 0 Å². The number of hydrogen-bond acceptors (Lipinski definition) is 3. The van der Waals surface area contributed by atoms with Crippen molar-refractivity contribution in [2.75, 3.05) is 0 Å². The molecule has 5 nitrogen and oxygen atoms in total. The van der Waals surface area contributed by atoms with Crippen molar-refractivity contribution in [1.82, 2.24) is 10.9 Å². The van der Waals surface area contributed by atoms with E-state index in [9.17, 15) is 18.4 Å². The maximum atomic E-state index is 12.0. The van der Waals surface area contributed by atoms with Crippen LogP contribution in [0.15, 0.2) is 54.6 Å². The van der Waals surface area contributed by atoms with Crippen molar-refractivity contribution in [2.24, 2.45) is 0 Å². The zero-order valence-corrected chi connectivity index (χ0v) is 11.3. The summed E-state index contributed by atoms with van der Waals surface area (Å²) in [4.78, 5) is 23.5. The summed E-state index contributed by atoms with van der Waals surface area (Å²) in [5, 5.41) is 0. The summed E-state index contributed by atoms with van der Waals surface area (Å²) in [6.07, 6.45) is 0. The first-order valence-electron chi connectivity index (χ1n) is 6.27. The summed E-state index contributed by atoms with van der Waals surface area (Å²) in [5.41, 5.74) is 5.07. The van der Waals surface area contributed by atoms with Crippen LogP contribution in [0.5, 0.6) is 5.75 Å². The Kier molecular flexibility index (Phi) is 5.02. The minimum atomic E-state index is -2.93. The van der Waals surface area contributed by atoms with Crippen molar-refractivity contribution in [3.8, 4) is 5.75 Å². The summed E-state index contributed by atoms with van der Waals surface area (Å²) in [5.74, 6) is -1.10. The lowest BCUT2D eigenvalue weighted by Gasteiger charge is -2.08. The van der Waals surface area contributed by atoms with Crippen LogP contribution in [0.4, 0.5) is 8.78 Å². The fraction of sp³-hybridized carbons (Fsp3) is 0.0667. The molecule has 22 heavy (non-hydrogen) atoms. The molecule has 7 heteroatoms. The zero-order chi connectivity index (χ0) is 15.9. The van der Waals surface area contributed by atoms with Gasteiger partial charge in [0.15, 0.2) is 0 Å². The third-order valence-corrected chi connectivity index (χ3v) is 2.67. The first-order chi connectivity index (χ1) is 10.6. The Hall–Kier alpha value is -2.96. The molecule has 0 spiro atoms. The van der Waals surface area contributed by atoms with Gasteiger partial charge in [-0.05, 0) is 36.4 Å². The number of carbonyl (C=O) groups is 2. The highest BCUT2D eigenvalue weighted by Crippen LogP contribution is 2.14. The second kappa shape index (κ2) is 7.16. The van der Waals surface area contributed by atoms with E-state index < -0.39 is 18.4 Å². The molecule has 114 valence electrons. The molecular formula is C15H12F2N2O3. The molecule has 2 aromatic rings. The number of amides is 2. The van der Waals surface area contributed by atoms with Crippen LogP contribution in [0.2, 0.25) is 0 Å². The standard InChI is InChI=1S/C15H12F2N2O3/c16-15(17)22-12-8-6-11(7-9-12)14(21)19-18-13(20)10-4-2-1-3-5-10/h1-9,15H,(H,18,20)(H,19,21). The molecule has 0 unspecified atom stereocenters. The van der Waals surface area contributed by atoms with Gasteiger partial charge in [0.1, 0.15) is 5.75 Å². The Labute approximate surface area is 124 Å². The van der Waals surface area contributed by atoms with E-state index in [-0.39, 0.29) is 11.3 Å².